The Morgan fingerprint density at radius 2 is 1.62 bits per heavy atom. The highest BCUT2D eigenvalue weighted by Gasteiger charge is 2.06. The first-order valence-electron chi connectivity index (χ1n) is 7.97. The van der Waals surface area contributed by atoms with E-state index in [2.05, 4.69) is 6.92 Å². The summed E-state index contributed by atoms with van der Waals surface area (Å²) in [5, 5.41) is 0.468. The molecule has 0 atom stereocenters. The molecule has 0 amide bonds. The highest BCUT2D eigenvalue weighted by atomic mass is 32.1. The maximum atomic E-state index is 5.88. The molecule has 0 aromatic heterocycles. The summed E-state index contributed by atoms with van der Waals surface area (Å²) in [6.07, 6.45) is 10.2. The highest BCUT2D eigenvalue weighted by molar-refractivity contribution is 7.80. The number of thiocarbonyl (C=S) groups is 1. The van der Waals surface area contributed by atoms with Crippen LogP contribution >= 0.6 is 12.2 Å². The lowest BCUT2D eigenvalue weighted by Gasteiger charge is -2.10. The first-order valence-corrected chi connectivity index (χ1v) is 8.38. The van der Waals surface area contributed by atoms with Crippen molar-refractivity contribution in [1.29, 1.82) is 0 Å². The van der Waals surface area contributed by atoms with Crippen molar-refractivity contribution in [3.8, 4) is 0 Å². The van der Waals surface area contributed by atoms with Crippen LogP contribution in [-0.2, 0) is 4.74 Å². The average molecular weight is 308 g/mol. The number of benzene rings is 1. The average Bonchev–Trinajstić information content (AvgIpc) is 2.45. The molecule has 1 aromatic rings. The van der Waals surface area contributed by atoms with Crippen LogP contribution in [0.3, 0.4) is 0 Å². The lowest BCUT2D eigenvalue weighted by atomic mass is 10.1. The number of nitrogen functional groups attached to an aromatic ring is 2. The summed E-state index contributed by atoms with van der Waals surface area (Å²) in [4.78, 5) is 0. The van der Waals surface area contributed by atoms with Crippen LogP contribution in [0.1, 0.15) is 63.9 Å². The van der Waals surface area contributed by atoms with E-state index in [1.54, 1.807) is 12.1 Å². The zero-order valence-electron chi connectivity index (χ0n) is 13.1. The van der Waals surface area contributed by atoms with Crippen molar-refractivity contribution in [2.45, 2.75) is 58.3 Å². The second-order valence-corrected chi connectivity index (χ2v) is 5.83. The zero-order valence-corrected chi connectivity index (χ0v) is 13.9. The van der Waals surface area contributed by atoms with Crippen LogP contribution < -0.4 is 11.5 Å². The van der Waals surface area contributed by atoms with E-state index in [-0.39, 0.29) is 0 Å². The van der Waals surface area contributed by atoms with Crippen LogP contribution in [-0.4, -0.2) is 11.7 Å². The van der Waals surface area contributed by atoms with Crippen molar-refractivity contribution in [1.82, 2.24) is 0 Å². The minimum atomic E-state index is 0.468. The first kappa shape index (κ1) is 17.8. The Morgan fingerprint density at radius 1 is 1.00 bits per heavy atom. The molecular formula is C17H28N2OS. The number of nitrogens with two attached hydrogens (primary N) is 2. The molecule has 1 rings (SSSR count). The number of unbranched alkanes of at least 4 members (excludes halogenated alkanes) is 7. The van der Waals surface area contributed by atoms with Gasteiger partial charge in [-0.15, -0.1) is 0 Å². The van der Waals surface area contributed by atoms with Crippen LogP contribution in [0.15, 0.2) is 18.2 Å². The summed E-state index contributed by atoms with van der Waals surface area (Å²) in [6, 6.07) is 5.32. The molecule has 4 heteroatoms. The van der Waals surface area contributed by atoms with Crippen LogP contribution in [0.5, 0.6) is 0 Å². The second kappa shape index (κ2) is 10.4. The lowest BCUT2D eigenvalue weighted by molar-refractivity contribution is 0.300. The molecule has 0 aliphatic rings. The lowest BCUT2D eigenvalue weighted by Crippen LogP contribution is -2.08. The van der Waals surface area contributed by atoms with E-state index in [0.717, 1.165) is 12.0 Å². The van der Waals surface area contributed by atoms with Crippen molar-refractivity contribution in [2.24, 2.45) is 0 Å². The van der Waals surface area contributed by atoms with Gasteiger partial charge in [0.25, 0.3) is 0 Å². The third-order valence-electron chi connectivity index (χ3n) is 3.53. The van der Waals surface area contributed by atoms with Gasteiger partial charge >= 0.3 is 0 Å². The molecule has 0 bridgehead atoms. The van der Waals surface area contributed by atoms with Gasteiger partial charge < -0.3 is 16.2 Å². The van der Waals surface area contributed by atoms with E-state index < -0.39 is 0 Å². The standard InChI is InChI=1S/C17H28N2OS/c1-2-3-4-5-6-7-8-9-12-20-17(21)15-11-10-14(18)13-16(15)19/h10-11,13H,2-9,12,18-19H2,1H3. The SMILES string of the molecule is CCCCCCCCCCOC(=S)c1ccc(N)cc1N. The molecule has 1 aromatic carbocycles. The van der Waals surface area contributed by atoms with Gasteiger partial charge in [-0.1, -0.05) is 51.9 Å². The summed E-state index contributed by atoms with van der Waals surface area (Å²) in [5.74, 6) is 0. The van der Waals surface area contributed by atoms with Gasteiger partial charge in [0.05, 0.1) is 12.2 Å². The topological polar surface area (TPSA) is 61.3 Å². The summed E-state index contributed by atoms with van der Waals surface area (Å²) in [5.41, 5.74) is 13.5. The van der Waals surface area contributed by atoms with E-state index in [1.165, 1.54) is 44.9 Å². The third kappa shape index (κ3) is 7.32. The molecule has 0 spiro atoms. The highest BCUT2D eigenvalue weighted by Crippen LogP contribution is 2.17. The van der Waals surface area contributed by atoms with Crippen LogP contribution in [0, 0.1) is 0 Å². The fraction of sp³-hybridized carbons (Fsp3) is 0.588. The maximum absolute atomic E-state index is 5.88. The molecule has 21 heavy (non-hydrogen) atoms. The summed E-state index contributed by atoms with van der Waals surface area (Å²) >= 11 is 5.26. The maximum Gasteiger partial charge on any atom is 0.193 e. The molecular weight excluding hydrogens is 280 g/mol. The van der Waals surface area contributed by atoms with E-state index in [0.29, 0.717) is 23.0 Å². The Morgan fingerprint density at radius 3 is 2.24 bits per heavy atom. The molecule has 118 valence electrons. The van der Waals surface area contributed by atoms with Crippen molar-refractivity contribution in [3.05, 3.63) is 23.8 Å². The smallest absolute Gasteiger partial charge is 0.193 e. The van der Waals surface area contributed by atoms with Gasteiger partial charge in [0.1, 0.15) is 0 Å². The van der Waals surface area contributed by atoms with Gasteiger partial charge in [-0.2, -0.15) is 0 Å². The Hall–Kier alpha value is -1.29. The Bertz CT molecular complexity index is 435. The van der Waals surface area contributed by atoms with E-state index in [1.807, 2.05) is 6.07 Å². The van der Waals surface area contributed by atoms with E-state index in [4.69, 9.17) is 28.4 Å². The largest absolute Gasteiger partial charge is 0.483 e. The molecule has 0 saturated carbocycles. The number of ether oxygens (including phenoxy) is 1. The second-order valence-electron chi connectivity index (χ2n) is 5.46. The van der Waals surface area contributed by atoms with Crippen LogP contribution in [0.2, 0.25) is 0 Å². The molecule has 0 heterocycles. The molecule has 0 aliphatic carbocycles. The predicted molar refractivity (Wildman–Crippen MR) is 95.5 cm³/mol. The van der Waals surface area contributed by atoms with Gasteiger partial charge in [0.15, 0.2) is 5.05 Å². The molecule has 0 fully saturated rings. The van der Waals surface area contributed by atoms with Gasteiger partial charge in [-0.25, -0.2) is 0 Å². The van der Waals surface area contributed by atoms with Gasteiger partial charge in [0, 0.05) is 11.4 Å². The first-order chi connectivity index (χ1) is 10.1. The quantitative estimate of drug-likeness (QED) is 0.374. The van der Waals surface area contributed by atoms with Crippen molar-refractivity contribution in [3.63, 3.8) is 0 Å². The molecule has 0 unspecified atom stereocenters. The predicted octanol–water partition coefficient (Wildman–Crippen LogP) is 4.68. The Balaban J connectivity index is 2.11. The van der Waals surface area contributed by atoms with E-state index >= 15 is 0 Å². The van der Waals surface area contributed by atoms with Crippen molar-refractivity contribution < 1.29 is 4.74 Å². The molecule has 0 aliphatic heterocycles. The molecule has 0 saturated heterocycles. The molecule has 3 nitrogen and oxygen atoms in total. The minimum absolute atomic E-state index is 0.468. The van der Waals surface area contributed by atoms with E-state index in [9.17, 15) is 0 Å². The van der Waals surface area contributed by atoms with Gasteiger partial charge in [-0.05, 0) is 36.8 Å². The normalized spacial score (nSPS) is 10.5. The van der Waals surface area contributed by atoms with Crippen molar-refractivity contribution in [2.75, 3.05) is 18.1 Å². The number of anilines is 2. The Labute approximate surface area is 134 Å². The summed E-state index contributed by atoms with van der Waals surface area (Å²) in [6.45, 7) is 2.91. The third-order valence-corrected chi connectivity index (χ3v) is 3.86. The van der Waals surface area contributed by atoms with Crippen LogP contribution in [0.4, 0.5) is 11.4 Å². The number of rotatable bonds is 10. The summed E-state index contributed by atoms with van der Waals surface area (Å²) < 4.78 is 5.60. The molecule has 4 N–H and O–H groups in total. The van der Waals surface area contributed by atoms with Gasteiger partial charge in [-0.3, -0.25) is 0 Å². The zero-order chi connectivity index (χ0) is 15.5. The Kier molecular flexibility index (Phi) is 8.83. The van der Waals surface area contributed by atoms with Crippen LogP contribution in [0.25, 0.3) is 0 Å². The number of hydrogen-bond donors (Lipinski definition) is 2. The van der Waals surface area contributed by atoms with Crippen molar-refractivity contribution >= 4 is 28.6 Å². The fourth-order valence-electron chi connectivity index (χ4n) is 2.25. The number of hydrogen-bond acceptors (Lipinski definition) is 4. The summed E-state index contributed by atoms with van der Waals surface area (Å²) in [7, 11) is 0. The van der Waals surface area contributed by atoms with Gasteiger partial charge in [0.2, 0.25) is 0 Å². The molecule has 0 radical (unpaired) electrons. The minimum Gasteiger partial charge on any atom is -0.483 e. The fourth-order valence-corrected chi connectivity index (χ4v) is 2.51. The monoisotopic (exact) mass is 308 g/mol.